The topological polar surface area (TPSA) is 106 Å². The lowest BCUT2D eigenvalue weighted by Gasteiger charge is -2.68. The van der Waals surface area contributed by atoms with E-state index < -0.39 is 23.2 Å². The molecule has 8 heteroatoms. The summed E-state index contributed by atoms with van der Waals surface area (Å²) in [6, 6.07) is 4.54. The number of likely N-dealkylation sites (tertiary alicyclic amines) is 1. The average Bonchev–Trinajstić information content (AvgIpc) is 3.36. The minimum absolute atomic E-state index is 0.0531. The van der Waals surface area contributed by atoms with Crippen molar-refractivity contribution in [3.8, 4) is 11.5 Å². The zero-order chi connectivity index (χ0) is 24.9. The number of carbonyl (C=O) groups excluding carboxylic acids is 1. The maximum atomic E-state index is 14.3. The molecule has 2 aromatic rings. The van der Waals surface area contributed by atoms with Crippen LogP contribution in [0.15, 0.2) is 41.2 Å². The molecule has 3 heterocycles. The van der Waals surface area contributed by atoms with Gasteiger partial charge in [0.25, 0.3) is 0 Å². The fraction of sp³-hybridized carbons (Fsp3) is 0.536. The summed E-state index contributed by atoms with van der Waals surface area (Å²) in [7, 11) is 1.77. The zero-order valence-electron chi connectivity index (χ0n) is 20.4. The van der Waals surface area contributed by atoms with Gasteiger partial charge in [0.15, 0.2) is 11.5 Å². The van der Waals surface area contributed by atoms with E-state index in [1.807, 2.05) is 6.07 Å². The van der Waals surface area contributed by atoms with E-state index in [2.05, 4.69) is 0 Å². The Hall–Kier alpha value is -2.81. The first kappa shape index (κ1) is 22.4. The van der Waals surface area contributed by atoms with Gasteiger partial charge in [-0.2, -0.15) is 0 Å². The van der Waals surface area contributed by atoms with Crippen molar-refractivity contribution in [2.45, 2.75) is 67.7 Å². The van der Waals surface area contributed by atoms with Crippen LogP contribution in [0.25, 0.3) is 6.08 Å². The molecular formula is C28H32N2O6. The molecule has 6 atom stereocenters. The second-order valence-corrected chi connectivity index (χ2v) is 11.6. The van der Waals surface area contributed by atoms with Gasteiger partial charge in [0.05, 0.1) is 37.1 Å². The number of carbonyl (C=O) groups is 1. The van der Waals surface area contributed by atoms with Crippen LogP contribution >= 0.6 is 0 Å². The van der Waals surface area contributed by atoms with Gasteiger partial charge in [-0.1, -0.05) is 6.07 Å². The molecule has 3 unspecified atom stereocenters. The Balaban J connectivity index is 1.30. The quantitative estimate of drug-likeness (QED) is 0.378. The van der Waals surface area contributed by atoms with Crippen molar-refractivity contribution >= 4 is 12.0 Å². The SMILES string of the molecule is CN(C(=O)/C=C/c1ccoc1)[C@H]1CC[C@]2(O)[C@@H]3Cc4ccc(O)c5c4C2(CC[N+]3([O-])CC2CC2)C1O5. The predicted molar refractivity (Wildman–Crippen MR) is 131 cm³/mol. The number of aliphatic hydroxyl groups is 1. The minimum Gasteiger partial charge on any atom is -0.632 e. The monoisotopic (exact) mass is 492 g/mol. The van der Waals surface area contributed by atoms with Gasteiger partial charge in [-0.15, -0.1) is 0 Å². The van der Waals surface area contributed by atoms with Crippen molar-refractivity contribution in [2.24, 2.45) is 5.92 Å². The van der Waals surface area contributed by atoms with Crippen molar-refractivity contribution in [1.29, 1.82) is 0 Å². The van der Waals surface area contributed by atoms with E-state index in [1.165, 1.54) is 6.08 Å². The molecule has 1 saturated heterocycles. The first-order valence-electron chi connectivity index (χ1n) is 13.1. The van der Waals surface area contributed by atoms with E-state index in [-0.39, 0.29) is 22.3 Å². The lowest BCUT2D eigenvalue weighted by atomic mass is 9.48. The van der Waals surface area contributed by atoms with Gasteiger partial charge in [-0.25, -0.2) is 0 Å². The third-order valence-corrected chi connectivity index (χ3v) is 9.83. The lowest BCUT2D eigenvalue weighted by Crippen LogP contribution is -2.81. The maximum Gasteiger partial charge on any atom is 0.246 e. The fourth-order valence-electron chi connectivity index (χ4n) is 7.95. The van der Waals surface area contributed by atoms with Gasteiger partial charge in [0.2, 0.25) is 5.91 Å². The van der Waals surface area contributed by atoms with Crippen LogP contribution in [0.4, 0.5) is 0 Å². The number of hydrogen-bond acceptors (Lipinski definition) is 6. The van der Waals surface area contributed by atoms with Gasteiger partial charge >= 0.3 is 0 Å². The van der Waals surface area contributed by atoms with Crippen LogP contribution in [-0.4, -0.2) is 69.6 Å². The van der Waals surface area contributed by atoms with Crippen molar-refractivity contribution in [3.63, 3.8) is 0 Å². The third-order valence-electron chi connectivity index (χ3n) is 9.83. The highest BCUT2D eigenvalue weighted by molar-refractivity contribution is 5.91. The van der Waals surface area contributed by atoms with E-state index in [4.69, 9.17) is 9.15 Å². The number of hydroxylamine groups is 3. The number of likely N-dealkylation sites (N-methyl/N-ethyl adjacent to an activating group) is 1. The Bertz CT molecular complexity index is 1250. The number of benzene rings is 1. The third kappa shape index (κ3) is 2.83. The van der Waals surface area contributed by atoms with Crippen LogP contribution in [0, 0.1) is 11.1 Å². The number of nitrogens with zero attached hydrogens (tertiary/aromatic N) is 2. The van der Waals surface area contributed by atoms with Crippen molar-refractivity contribution in [1.82, 2.24) is 4.90 Å². The van der Waals surface area contributed by atoms with E-state index in [9.17, 15) is 20.2 Å². The molecule has 3 aliphatic carbocycles. The number of phenolic OH excluding ortho intramolecular Hbond substituents is 1. The van der Waals surface area contributed by atoms with Gasteiger partial charge in [0, 0.05) is 43.0 Å². The smallest absolute Gasteiger partial charge is 0.246 e. The highest BCUT2D eigenvalue weighted by Gasteiger charge is 2.76. The molecule has 36 heavy (non-hydrogen) atoms. The Morgan fingerprint density at radius 1 is 1.28 bits per heavy atom. The van der Waals surface area contributed by atoms with Gasteiger partial charge in [-0.05, 0) is 49.5 Å². The summed E-state index contributed by atoms with van der Waals surface area (Å²) in [5.74, 6) is 0.758. The first-order valence-corrected chi connectivity index (χ1v) is 13.1. The molecule has 3 fully saturated rings. The lowest BCUT2D eigenvalue weighted by molar-refractivity contribution is -0.924. The Labute approximate surface area is 209 Å². The Morgan fingerprint density at radius 2 is 2.11 bits per heavy atom. The molecule has 2 aliphatic heterocycles. The van der Waals surface area contributed by atoms with Gasteiger partial charge < -0.3 is 34.1 Å². The van der Waals surface area contributed by atoms with Crippen molar-refractivity contribution in [2.75, 3.05) is 20.1 Å². The summed E-state index contributed by atoms with van der Waals surface area (Å²) >= 11 is 0. The second-order valence-electron chi connectivity index (χ2n) is 11.6. The number of furan rings is 1. The summed E-state index contributed by atoms with van der Waals surface area (Å²) in [5.41, 5.74) is 0.591. The van der Waals surface area contributed by atoms with E-state index in [1.54, 1.807) is 42.7 Å². The number of ether oxygens (including phenoxy) is 1. The van der Waals surface area contributed by atoms with Crippen molar-refractivity contribution < 1.29 is 28.8 Å². The number of amides is 1. The van der Waals surface area contributed by atoms with E-state index in [0.29, 0.717) is 50.4 Å². The summed E-state index contributed by atoms with van der Waals surface area (Å²) in [6.07, 6.45) is 9.94. The summed E-state index contributed by atoms with van der Waals surface area (Å²) in [5, 5.41) is 37.6. The molecule has 7 rings (SSSR count). The normalized spacial score (nSPS) is 38.0. The number of hydrogen-bond donors (Lipinski definition) is 2. The Morgan fingerprint density at radius 3 is 2.86 bits per heavy atom. The molecule has 5 aliphatic rings. The number of quaternary nitrogens is 1. The standard InChI is InChI=1S/C28H32N2O6/c1-29(23(32)7-4-18-9-13-35-16-18)20-8-10-28(33)22-14-19-5-6-21(31)25-24(19)27(28,26(20)36-25)11-12-30(22,34)15-17-2-3-17/h4-7,9,13,16-17,20,22,26,31,33H,2-3,8,10-12,14-15H2,1H3/b7-4+/t20-,22-,26?,27?,28-,30?/m0/s1. The first-order chi connectivity index (χ1) is 17.3. The zero-order valence-corrected chi connectivity index (χ0v) is 20.4. The van der Waals surface area contributed by atoms with Crippen LogP contribution in [-0.2, 0) is 16.6 Å². The second kappa shape index (κ2) is 7.37. The molecule has 0 radical (unpaired) electrons. The molecule has 1 amide bonds. The molecule has 190 valence electrons. The molecule has 8 nitrogen and oxygen atoms in total. The maximum absolute atomic E-state index is 14.3. The molecule has 2 bridgehead atoms. The molecule has 2 saturated carbocycles. The van der Waals surface area contributed by atoms with Crippen LogP contribution < -0.4 is 4.74 Å². The predicted octanol–water partition coefficient (Wildman–Crippen LogP) is 3.10. The van der Waals surface area contributed by atoms with Crippen LogP contribution in [0.2, 0.25) is 0 Å². The summed E-state index contributed by atoms with van der Waals surface area (Å²) < 4.78 is 11.3. The fourth-order valence-corrected chi connectivity index (χ4v) is 7.95. The van der Waals surface area contributed by atoms with E-state index >= 15 is 0 Å². The molecular weight excluding hydrogens is 460 g/mol. The highest BCUT2D eigenvalue weighted by Crippen LogP contribution is 2.67. The van der Waals surface area contributed by atoms with Crippen LogP contribution in [0.3, 0.4) is 0 Å². The highest BCUT2D eigenvalue weighted by atomic mass is 16.6. The minimum atomic E-state index is -1.24. The molecule has 2 N–H and O–H groups in total. The van der Waals surface area contributed by atoms with Crippen molar-refractivity contribution in [3.05, 3.63) is 58.7 Å². The van der Waals surface area contributed by atoms with Crippen LogP contribution in [0.5, 0.6) is 11.5 Å². The van der Waals surface area contributed by atoms with Gasteiger partial charge in [-0.3, -0.25) is 4.79 Å². The largest absolute Gasteiger partial charge is 0.632 e. The Kier molecular flexibility index (Phi) is 4.58. The summed E-state index contributed by atoms with van der Waals surface area (Å²) in [4.78, 5) is 14.9. The average molecular weight is 493 g/mol. The number of piperidine rings is 1. The number of rotatable bonds is 5. The number of phenols is 1. The molecule has 1 aromatic carbocycles. The van der Waals surface area contributed by atoms with E-state index in [0.717, 1.165) is 29.5 Å². The molecule has 1 spiro atoms. The van der Waals surface area contributed by atoms with Gasteiger partial charge in [0.1, 0.15) is 17.7 Å². The van der Waals surface area contributed by atoms with Crippen LogP contribution in [0.1, 0.15) is 48.8 Å². The summed E-state index contributed by atoms with van der Waals surface area (Å²) in [6.45, 7) is 0.984. The molecule has 1 aromatic heterocycles. The number of aromatic hydroxyl groups is 1.